The van der Waals surface area contributed by atoms with Gasteiger partial charge in [-0.3, -0.25) is 10.9 Å². The number of hydrogen-bond donors (Lipinski definition) is 4. The van der Waals surface area contributed by atoms with Crippen LogP contribution in [0.4, 0.5) is 5.69 Å². The van der Waals surface area contributed by atoms with Crippen LogP contribution in [0.25, 0.3) is 0 Å². The number of rotatable bonds is 3. The SMILES string of the molecule is S=C(NCC1CCCO1)NNC(=S)Nc1ccc(Br)cc1. The molecule has 1 saturated heterocycles. The molecule has 1 atom stereocenters. The second-order valence-electron chi connectivity index (χ2n) is 4.56. The number of hydrogen-bond acceptors (Lipinski definition) is 3. The van der Waals surface area contributed by atoms with E-state index in [1.165, 1.54) is 0 Å². The minimum absolute atomic E-state index is 0.248. The normalized spacial score (nSPS) is 17.1. The standard InChI is InChI=1S/C13H17BrN4OS2/c14-9-3-5-10(6-4-9)16-13(21)18-17-12(20)15-8-11-2-1-7-19-11/h3-6,11H,1-2,7-8H2,(H2,15,17,20)(H2,16,18,21). The summed E-state index contributed by atoms with van der Waals surface area (Å²) in [7, 11) is 0. The van der Waals surface area contributed by atoms with Crippen molar-refractivity contribution < 1.29 is 4.74 Å². The van der Waals surface area contributed by atoms with Crippen molar-refractivity contribution in [1.29, 1.82) is 0 Å². The van der Waals surface area contributed by atoms with Crippen LogP contribution in [-0.4, -0.2) is 29.5 Å². The van der Waals surface area contributed by atoms with Crippen molar-refractivity contribution in [3.63, 3.8) is 0 Å². The summed E-state index contributed by atoms with van der Waals surface area (Å²) in [5.41, 5.74) is 6.57. The molecule has 1 unspecified atom stereocenters. The van der Waals surface area contributed by atoms with Gasteiger partial charge in [-0.1, -0.05) is 15.9 Å². The smallest absolute Gasteiger partial charge is 0.189 e. The first kappa shape index (κ1) is 16.4. The molecule has 0 bridgehead atoms. The molecule has 0 aromatic heterocycles. The molecule has 0 spiro atoms. The molecule has 1 aromatic carbocycles. The quantitative estimate of drug-likeness (QED) is 0.468. The van der Waals surface area contributed by atoms with E-state index in [9.17, 15) is 0 Å². The molecule has 1 fully saturated rings. The molecular weight excluding hydrogens is 372 g/mol. The lowest BCUT2D eigenvalue weighted by atomic mass is 10.2. The Hall–Kier alpha value is -0.960. The zero-order valence-corrected chi connectivity index (χ0v) is 14.5. The lowest BCUT2D eigenvalue weighted by molar-refractivity contribution is 0.114. The van der Waals surface area contributed by atoms with Crippen molar-refractivity contribution in [3.05, 3.63) is 28.7 Å². The first-order chi connectivity index (χ1) is 10.1. The average molecular weight is 389 g/mol. The van der Waals surface area contributed by atoms with Crippen LogP contribution in [-0.2, 0) is 4.74 Å². The van der Waals surface area contributed by atoms with E-state index in [0.717, 1.165) is 29.6 Å². The minimum atomic E-state index is 0.248. The predicted molar refractivity (Wildman–Crippen MR) is 96.2 cm³/mol. The first-order valence-electron chi connectivity index (χ1n) is 6.61. The highest BCUT2D eigenvalue weighted by Gasteiger charge is 2.15. The molecule has 8 heteroatoms. The summed E-state index contributed by atoms with van der Waals surface area (Å²) in [6.07, 6.45) is 2.44. The van der Waals surface area contributed by atoms with Crippen molar-refractivity contribution in [2.75, 3.05) is 18.5 Å². The van der Waals surface area contributed by atoms with E-state index in [1.54, 1.807) is 0 Å². The highest BCUT2D eigenvalue weighted by Crippen LogP contribution is 2.13. The second-order valence-corrected chi connectivity index (χ2v) is 6.29. The van der Waals surface area contributed by atoms with Gasteiger partial charge in [0.1, 0.15) is 0 Å². The summed E-state index contributed by atoms with van der Waals surface area (Å²) in [6.45, 7) is 1.55. The monoisotopic (exact) mass is 388 g/mol. The average Bonchev–Trinajstić information content (AvgIpc) is 2.99. The molecule has 0 saturated carbocycles. The third-order valence-corrected chi connectivity index (χ3v) is 3.89. The van der Waals surface area contributed by atoms with Crippen LogP contribution in [0.2, 0.25) is 0 Å². The number of nitrogens with one attached hydrogen (secondary N) is 4. The fraction of sp³-hybridized carbons (Fsp3) is 0.385. The summed E-state index contributed by atoms with van der Waals surface area (Å²) >= 11 is 13.7. The maximum absolute atomic E-state index is 5.51. The Balaban J connectivity index is 1.63. The Bertz CT molecular complexity index is 491. The molecule has 0 radical (unpaired) electrons. The number of benzene rings is 1. The number of ether oxygens (including phenoxy) is 1. The van der Waals surface area contributed by atoms with Crippen LogP contribution in [0.1, 0.15) is 12.8 Å². The number of halogens is 1. The molecule has 21 heavy (non-hydrogen) atoms. The first-order valence-corrected chi connectivity index (χ1v) is 8.22. The largest absolute Gasteiger partial charge is 0.376 e. The molecule has 0 amide bonds. The van der Waals surface area contributed by atoms with Gasteiger partial charge in [0.05, 0.1) is 6.10 Å². The molecule has 1 heterocycles. The topological polar surface area (TPSA) is 57.4 Å². The van der Waals surface area contributed by atoms with E-state index in [2.05, 4.69) is 37.4 Å². The van der Waals surface area contributed by atoms with Gasteiger partial charge >= 0.3 is 0 Å². The number of thiocarbonyl (C=S) groups is 2. The Morgan fingerprint density at radius 1 is 1.19 bits per heavy atom. The lowest BCUT2D eigenvalue weighted by Gasteiger charge is -2.16. The van der Waals surface area contributed by atoms with Gasteiger partial charge in [0.15, 0.2) is 10.2 Å². The van der Waals surface area contributed by atoms with Gasteiger partial charge in [-0.2, -0.15) is 0 Å². The van der Waals surface area contributed by atoms with E-state index in [1.807, 2.05) is 24.3 Å². The van der Waals surface area contributed by atoms with Crippen LogP contribution in [0.3, 0.4) is 0 Å². The third kappa shape index (κ3) is 6.13. The van der Waals surface area contributed by atoms with Gasteiger partial charge < -0.3 is 15.4 Å². The maximum Gasteiger partial charge on any atom is 0.189 e. The van der Waals surface area contributed by atoms with Crippen LogP contribution in [0.15, 0.2) is 28.7 Å². The minimum Gasteiger partial charge on any atom is -0.376 e. The molecule has 2 rings (SSSR count). The summed E-state index contributed by atoms with van der Waals surface area (Å²) in [4.78, 5) is 0. The molecule has 4 N–H and O–H groups in total. The van der Waals surface area contributed by atoms with Crippen molar-refractivity contribution >= 4 is 56.3 Å². The highest BCUT2D eigenvalue weighted by atomic mass is 79.9. The van der Waals surface area contributed by atoms with Gasteiger partial charge in [0.2, 0.25) is 0 Å². The summed E-state index contributed by atoms with van der Waals surface area (Å²) in [5, 5.41) is 7.07. The molecule has 1 aliphatic rings. The lowest BCUT2D eigenvalue weighted by Crippen LogP contribution is -2.49. The van der Waals surface area contributed by atoms with E-state index in [0.29, 0.717) is 16.8 Å². The zero-order chi connectivity index (χ0) is 15.1. The highest BCUT2D eigenvalue weighted by molar-refractivity contribution is 9.10. The van der Waals surface area contributed by atoms with E-state index in [4.69, 9.17) is 29.2 Å². The molecule has 1 aromatic rings. The Kier molecular flexibility index (Phi) is 6.62. The summed E-state index contributed by atoms with van der Waals surface area (Å²) < 4.78 is 6.52. The molecule has 114 valence electrons. The zero-order valence-electron chi connectivity index (χ0n) is 11.3. The fourth-order valence-corrected chi connectivity index (χ4v) is 2.43. The van der Waals surface area contributed by atoms with Crippen LogP contribution in [0.5, 0.6) is 0 Å². The predicted octanol–water partition coefficient (Wildman–Crippen LogP) is 2.29. The van der Waals surface area contributed by atoms with Gasteiger partial charge in [0.25, 0.3) is 0 Å². The molecule has 1 aliphatic heterocycles. The van der Waals surface area contributed by atoms with Crippen molar-refractivity contribution in [2.45, 2.75) is 18.9 Å². The summed E-state index contributed by atoms with van der Waals surface area (Å²) in [5.74, 6) is 0. The van der Waals surface area contributed by atoms with Crippen LogP contribution >= 0.6 is 40.4 Å². The van der Waals surface area contributed by atoms with Crippen LogP contribution < -0.4 is 21.5 Å². The van der Waals surface area contributed by atoms with Gasteiger partial charge in [0, 0.05) is 23.3 Å². The van der Waals surface area contributed by atoms with Crippen LogP contribution in [0, 0.1) is 0 Å². The van der Waals surface area contributed by atoms with Crippen molar-refractivity contribution in [3.8, 4) is 0 Å². The van der Waals surface area contributed by atoms with E-state index in [-0.39, 0.29) is 6.10 Å². The molecule has 0 aliphatic carbocycles. The summed E-state index contributed by atoms with van der Waals surface area (Å²) in [6, 6.07) is 7.72. The Labute approximate surface area is 143 Å². The Morgan fingerprint density at radius 2 is 1.90 bits per heavy atom. The fourth-order valence-electron chi connectivity index (χ4n) is 1.87. The number of hydrazine groups is 1. The maximum atomic E-state index is 5.51. The third-order valence-electron chi connectivity index (χ3n) is 2.91. The van der Waals surface area contributed by atoms with Crippen molar-refractivity contribution in [2.24, 2.45) is 0 Å². The second kappa shape index (κ2) is 8.47. The van der Waals surface area contributed by atoms with Crippen molar-refractivity contribution in [1.82, 2.24) is 16.2 Å². The van der Waals surface area contributed by atoms with Gasteiger partial charge in [-0.25, -0.2) is 0 Å². The van der Waals surface area contributed by atoms with Gasteiger partial charge in [-0.05, 0) is 61.5 Å². The van der Waals surface area contributed by atoms with E-state index < -0.39 is 0 Å². The Morgan fingerprint density at radius 3 is 2.57 bits per heavy atom. The number of anilines is 1. The molecular formula is C13H17BrN4OS2. The van der Waals surface area contributed by atoms with E-state index >= 15 is 0 Å². The van der Waals surface area contributed by atoms with Gasteiger partial charge in [-0.15, -0.1) is 0 Å². The molecule has 5 nitrogen and oxygen atoms in total.